The first-order valence-corrected chi connectivity index (χ1v) is 10.3. The second-order valence-corrected chi connectivity index (χ2v) is 8.13. The number of benzene rings is 1. The molecule has 178 valence electrons. The molecule has 0 aliphatic carbocycles. The molecule has 0 spiro atoms. The van der Waals surface area contributed by atoms with Crippen molar-refractivity contribution in [3.8, 4) is 5.75 Å². The fraction of sp³-hybridized carbons (Fsp3) is 0.409. The Hall–Kier alpha value is -3.34. The highest BCUT2D eigenvalue weighted by atomic mass is 19.4. The average Bonchev–Trinajstić information content (AvgIpc) is 3.17. The van der Waals surface area contributed by atoms with Gasteiger partial charge in [0.05, 0.1) is 31.2 Å². The van der Waals surface area contributed by atoms with Gasteiger partial charge in [0.25, 0.3) is 0 Å². The molecule has 0 bridgehead atoms. The fourth-order valence-electron chi connectivity index (χ4n) is 3.92. The van der Waals surface area contributed by atoms with Gasteiger partial charge in [0.1, 0.15) is 29.6 Å². The lowest BCUT2D eigenvalue weighted by Gasteiger charge is -2.33. The van der Waals surface area contributed by atoms with E-state index in [1.165, 1.54) is 18.3 Å². The van der Waals surface area contributed by atoms with Gasteiger partial charge in [-0.15, -0.1) is 0 Å². The zero-order chi connectivity index (χ0) is 24.4. The lowest BCUT2D eigenvalue weighted by atomic mass is 10.0. The lowest BCUT2D eigenvalue weighted by Crippen LogP contribution is -2.45. The van der Waals surface area contributed by atoms with Crippen LogP contribution in [0.5, 0.6) is 5.75 Å². The van der Waals surface area contributed by atoms with Crippen molar-refractivity contribution >= 4 is 22.8 Å². The summed E-state index contributed by atoms with van der Waals surface area (Å²) in [6.07, 6.45) is -0.450. The predicted molar refractivity (Wildman–Crippen MR) is 110 cm³/mol. The Bertz CT molecular complexity index is 1140. The third-order valence-corrected chi connectivity index (χ3v) is 5.37. The minimum absolute atomic E-state index is 0.000466. The number of aryl methyl sites for hydroxylation is 1. The maximum absolute atomic E-state index is 13.1. The third-order valence-electron chi connectivity index (χ3n) is 5.37. The van der Waals surface area contributed by atoms with Gasteiger partial charge in [-0.2, -0.15) is 13.2 Å². The van der Waals surface area contributed by atoms with Crippen LogP contribution < -0.4 is 4.74 Å². The van der Waals surface area contributed by atoms with Gasteiger partial charge in [0.15, 0.2) is 0 Å². The van der Waals surface area contributed by atoms with Gasteiger partial charge < -0.3 is 19.5 Å². The molecule has 0 fully saturated rings. The Kier molecular flexibility index (Phi) is 6.82. The Morgan fingerprint density at radius 1 is 1.24 bits per heavy atom. The first kappa shape index (κ1) is 24.3. The third kappa shape index (κ3) is 5.36. The molecule has 1 aromatic heterocycles. The van der Waals surface area contributed by atoms with E-state index in [1.807, 2.05) is 6.92 Å². The molecular weight excluding hydrogens is 445 g/mol. The smallest absolute Gasteiger partial charge is 0.453 e. The molecule has 1 aliphatic heterocycles. The van der Waals surface area contributed by atoms with E-state index < -0.39 is 23.9 Å². The first-order valence-electron chi connectivity index (χ1n) is 10.3. The number of carboxylic acid groups (broad SMARTS) is 2. The van der Waals surface area contributed by atoms with Crippen LogP contribution in [0, 0.1) is 0 Å². The van der Waals surface area contributed by atoms with Crippen molar-refractivity contribution in [3.05, 3.63) is 46.9 Å². The summed E-state index contributed by atoms with van der Waals surface area (Å²) in [6.45, 7) is 2.60. The number of likely N-dealkylation sites (N-methyl/N-ethyl adjacent to an activating group) is 1. The molecule has 0 radical (unpaired) electrons. The minimum atomic E-state index is -4.65. The standard InChI is InChI=1S/C22H23F3N2O6/c1-3-5-15-17(7-6-16-18(15)26-33-19(16)22(23,24)25)32-9-4-8-27(2)11-13(20(28)29)10-14(12-27)21(30)31/h6-7,10-11H,3-5,8-9,12H2,1-2H3,(H-,28,29,30,31)/p+1. The monoisotopic (exact) mass is 469 g/mol. The summed E-state index contributed by atoms with van der Waals surface area (Å²) in [5.41, 5.74) is 0.545. The summed E-state index contributed by atoms with van der Waals surface area (Å²) in [5, 5.41) is 22.1. The number of aliphatic carboxylic acids is 2. The van der Waals surface area contributed by atoms with Crippen LogP contribution in [-0.4, -0.2) is 58.5 Å². The highest BCUT2D eigenvalue weighted by molar-refractivity contribution is 5.95. The highest BCUT2D eigenvalue weighted by Gasteiger charge is 2.38. The number of ether oxygens (including phenoxy) is 1. The fourth-order valence-corrected chi connectivity index (χ4v) is 3.92. The van der Waals surface area contributed by atoms with E-state index >= 15 is 0 Å². The summed E-state index contributed by atoms with van der Waals surface area (Å²) >= 11 is 0. The maximum Gasteiger partial charge on any atom is 0.453 e. The summed E-state index contributed by atoms with van der Waals surface area (Å²) < 4.78 is 49.9. The normalized spacial score (nSPS) is 18.7. The van der Waals surface area contributed by atoms with E-state index in [4.69, 9.17) is 4.74 Å². The van der Waals surface area contributed by atoms with Crippen molar-refractivity contribution in [2.24, 2.45) is 0 Å². The van der Waals surface area contributed by atoms with E-state index in [0.29, 0.717) is 37.1 Å². The molecule has 33 heavy (non-hydrogen) atoms. The number of aromatic nitrogens is 1. The van der Waals surface area contributed by atoms with Crippen molar-refractivity contribution in [2.45, 2.75) is 32.4 Å². The average molecular weight is 469 g/mol. The topological polar surface area (TPSA) is 110 Å². The van der Waals surface area contributed by atoms with Gasteiger partial charge in [-0.05, 0) is 24.6 Å². The molecule has 2 heterocycles. The number of rotatable bonds is 9. The number of hydrogen-bond donors (Lipinski definition) is 2. The van der Waals surface area contributed by atoms with Gasteiger partial charge in [-0.25, -0.2) is 9.59 Å². The number of carbonyl (C=O) groups is 2. The van der Waals surface area contributed by atoms with Gasteiger partial charge in [0.2, 0.25) is 5.76 Å². The largest absolute Gasteiger partial charge is 0.493 e. The van der Waals surface area contributed by atoms with E-state index in [0.717, 1.165) is 6.08 Å². The molecule has 11 heteroatoms. The van der Waals surface area contributed by atoms with Crippen LogP contribution in [0.25, 0.3) is 10.9 Å². The summed E-state index contributed by atoms with van der Waals surface area (Å²) in [7, 11) is 1.72. The van der Waals surface area contributed by atoms with Crippen LogP contribution in [0.1, 0.15) is 31.1 Å². The molecule has 0 saturated heterocycles. The second-order valence-electron chi connectivity index (χ2n) is 8.13. The quantitative estimate of drug-likeness (QED) is 0.422. The van der Waals surface area contributed by atoms with Gasteiger partial charge in [-0.1, -0.05) is 18.5 Å². The summed E-state index contributed by atoms with van der Waals surface area (Å²) in [6, 6.07) is 2.73. The summed E-state index contributed by atoms with van der Waals surface area (Å²) in [5.74, 6) is -3.13. The number of quaternary nitrogens is 1. The van der Waals surface area contributed by atoms with Crippen LogP contribution in [0.3, 0.4) is 0 Å². The molecule has 0 amide bonds. The van der Waals surface area contributed by atoms with Gasteiger partial charge >= 0.3 is 18.1 Å². The Balaban J connectivity index is 1.73. The van der Waals surface area contributed by atoms with Crippen LogP contribution in [0.2, 0.25) is 0 Å². The van der Waals surface area contributed by atoms with Crippen molar-refractivity contribution in [1.29, 1.82) is 0 Å². The Labute approximate surface area is 187 Å². The number of fused-ring (bicyclic) bond motifs is 1. The van der Waals surface area contributed by atoms with Crippen molar-refractivity contribution in [1.82, 2.24) is 5.16 Å². The molecule has 1 atom stereocenters. The molecule has 0 saturated carbocycles. The highest BCUT2D eigenvalue weighted by Crippen LogP contribution is 2.38. The molecule has 1 aliphatic rings. The number of alkyl halides is 3. The van der Waals surface area contributed by atoms with Crippen LogP contribution in [0.4, 0.5) is 13.2 Å². The van der Waals surface area contributed by atoms with Gasteiger partial charge in [0, 0.05) is 12.0 Å². The molecular formula is C22H24F3N2O6+. The SMILES string of the molecule is CCCc1c(OCCC[N+]2(C)C=C(C(=O)O)C=C(C(=O)O)C2)ccc2c(C(F)(F)F)onc12. The molecule has 1 aromatic carbocycles. The van der Waals surface area contributed by atoms with E-state index in [-0.39, 0.29) is 39.7 Å². The van der Waals surface area contributed by atoms with Crippen LogP contribution >= 0.6 is 0 Å². The minimum Gasteiger partial charge on any atom is -0.493 e. The molecule has 8 nitrogen and oxygen atoms in total. The molecule has 1 unspecified atom stereocenters. The number of carboxylic acids is 2. The van der Waals surface area contributed by atoms with Crippen LogP contribution in [0.15, 0.2) is 40.1 Å². The maximum atomic E-state index is 13.1. The van der Waals surface area contributed by atoms with E-state index in [9.17, 15) is 33.0 Å². The van der Waals surface area contributed by atoms with Crippen molar-refractivity contribution in [3.63, 3.8) is 0 Å². The van der Waals surface area contributed by atoms with Crippen molar-refractivity contribution in [2.75, 3.05) is 26.7 Å². The summed E-state index contributed by atoms with van der Waals surface area (Å²) in [4.78, 5) is 22.8. The molecule has 2 N–H and O–H groups in total. The predicted octanol–water partition coefficient (Wildman–Crippen LogP) is 4.01. The first-order chi connectivity index (χ1) is 15.4. The van der Waals surface area contributed by atoms with E-state index in [2.05, 4.69) is 9.68 Å². The van der Waals surface area contributed by atoms with E-state index in [1.54, 1.807) is 7.05 Å². The van der Waals surface area contributed by atoms with Crippen molar-refractivity contribution < 1.29 is 46.7 Å². The lowest BCUT2D eigenvalue weighted by molar-refractivity contribution is -0.855. The Morgan fingerprint density at radius 3 is 2.58 bits per heavy atom. The van der Waals surface area contributed by atoms with Crippen LogP contribution in [-0.2, 0) is 22.2 Å². The number of halogens is 3. The molecule has 3 rings (SSSR count). The van der Waals surface area contributed by atoms with Gasteiger partial charge in [-0.3, -0.25) is 4.48 Å². The number of nitrogens with zero attached hydrogens (tertiary/aromatic N) is 2. The second kappa shape index (κ2) is 9.26. The Morgan fingerprint density at radius 2 is 1.97 bits per heavy atom. The zero-order valence-corrected chi connectivity index (χ0v) is 18.1. The number of hydrogen-bond acceptors (Lipinski definition) is 5. The zero-order valence-electron chi connectivity index (χ0n) is 18.1. The molecule has 2 aromatic rings.